The first-order valence-corrected chi connectivity index (χ1v) is 7.59. The molecule has 1 heterocycles. The zero-order chi connectivity index (χ0) is 14.4. The van der Waals surface area contributed by atoms with Crippen molar-refractivity contribution in [2.45, 2.75) is 32.6 Å². The first kappa shape index (κ1) is 15.3. The Morgan fingerprint density at radius 3 is 2.35 bits per heavy atom. The van der Waals surface area contributed by atoms with E-state index in [2.05, 4.69) is 49.9 Å². The summed E-state index contributed by atoms with van der Waals surface area (Å²) in [7, 11) is 0. The third-order valence-electron chi connectivity index (χ3n) is 3.71. The Morgan fingerprint density at radius 1 is 1.10 bits per heavy atom. The van der Waals surface area contributed by atoms with Gasteiger partial charge in [0.15, 0.2) is 0 Å². The van der Waals surface area contributed by atoms with Gasteiger partial charge in [-0.3, -0.25) is 4.90 Å². The number of benzene rings is 1. The van der Waals surface area contributed by atoms with Crippen LogP contribution in [0.5, 0.6) is 5.75 Å². The highest BCUT2D eigenvalue weighted by molar-refractivity contribution is 5.31. The molecule has 1 aliphatic heterocycles. The average molecular weight is 277 g/mol. The van der Waals surface area contributed by atoms with Crippen molar-refractivity contribution >= 4 is 0 Å². The summed E-state index contributed by atoms with van der Waals surface area (Å²) in [5.74, 6) is 0.972. The van der Waals surface area contributed by atoms with Crippen LogP contribution < -0.4 is 4.74 Å². The normalized spacial score (nSPS) is 17.1. The molecular weight excluding hydrogens is 250 g/mol. The maximum absolute atomic E-state index is 5.81. The van der Waals surface area contributed by atoms with E-state index in [-0.39, 0.29) is 5.41 Å². The second-order valence-electron chi connectivity index (χ2n) is 6.43. The molecule has 20 heavy (non-hydrogen) atoms. The molecule has 1 aromatic rings. The van der Waals surface area contributed by atoms with Gasteiger partial charge in [-0.05, 0) is 29.5 Å². The van der Waals surface area contributed by atoms with Gasteiger partial charge in [0.05, 0.1) is 19.8 Å². The minimum Gasteiger partial charge on any atom is -0.494 e. The second-order valence-corrected chi connectivity index (χ2v) is 6.43. The zero-order valence-electron chi connectivity index (χ0n) is 13.0. The van der Waals surface area contributed by atoms with E-state index in [4.69, 9.17) is 9.47 Å². The first-order chi connectivity index (χ1) is 9.55. The summed E-state index contributed by atoms with van der Waals surface area (Å²) in [4.78, 5) is 2.44. The molecule has 0 N–H and O–H groups in total. The number of rotatable bonds is 5. The topological polar surface area (TPSA) is 21.7 Å². The first-order valence-electron chi connectivity index (χ1n) is 7.59. The summed E-state index contributed by atoms with van der Waals surface area (Å²) in [6.45, 7) is 12.4. The molecule has 1 fully saturated rings. The fraction of sp³-hybridized carbons (Fsp3) is 0.647. The van der Waals surface area contributed by atoms with Gasteiger partial charge in [0, 0.05) is 19.6 Å². The van der Waals surface area contributed by atoms with Crippen LogP contribution in [0, 0.1) is 0 Å². The smallest absolute Gasteiger partial charge is 0.119 e. The van der Waals surface area contributed by atoms with Crippen LogP contribution in [0.4, 0.5) is 0 Å². The molecule has 2 rings (SSSR count). The van der Waals surface area contributed by atoms with E-state index in [0.29, 0.717) is 0 Å². The zero-order valence-corrected chi connectivity index (χ0v) is 13.0. The van der Waals surface area contributed by atoms with E-state index in [0.717, 1.165) is 51.6 Å². The Hall–Kier alpha value is -1.06. The predicted molar refractivity (Wildman–Crippen MR) is 82.5 cm³/mol. The lowest BCUT2D eigenvalue weighted by atomic mass is 9.87. The van der Waals surface area contributed by atoms with Gasteiger partial charge in [-0.2, -0.15) is 0 Å². The van der Waals surface area contributed by atoms with Crippen molar-refractivity contribution in [1.29, 1.82) is 0 Å². The molecule has 0 aliphatic carbocycles. The molecular formula is C17H27NO2. The molecule has 0 radical (unpaired) electrons. The van der Waals surface area contributed by atoms with E-state index in [9.17, 15) is 0 Å². The van der Waals surface area contributed by atoms with Gasteiger partial charge < -0.3 is 9.47 Å². The number of hydrogen-bond acceptors (Lipinski definition) is 3. The summed E-state index contributed by atoms with van der Waals surface area (Å²) in [5, 5.41) is 0. The quantitative estimate of drug-likeness (QED) is 0.772. The van der Waals surface area contributed by atoms with Gasteiger partial charge >= 0.3 is 0 Å². The van der Waals surface area contributed by atoms with Gasteiger partial charge in [0.2, 0.25) is 0 Å². The molecule has 112 valence electrons. The van der Waals surface area contributed by atoms with Crippen LogP contribution in [0.2, 0.25) is 0 Å². The molecule has 1 aromatic carbocycles. The molecule has 3 heteroatoms. The number of morpholine rings is 1. The molecule has 0 spiro atoms. The van der Waals surface area contributed by atoms with Gasteiger partial charge in [0.25, 0.3) is 0 Å². The largest absolute Gasteiger partial charge is 0.494 e. The molecule has 0 atom stereocenters. The second kappa shape index (κ2) is 7.09. The van der Waals surface area contributed by atoms with Crippen molar-refractivity contribution in [3.8, 4) is 5.75 Å². The van der Waals surface area contributed by atoms with Gasteiger partial charge in [0.1, 0.15) is 5.75 Å². The van der Waals surface area contributed by atoms with Crippen molar-refractivity contribution in [3.05, 3.63) is 29.8 Å². The molecule has 0 unspecified atom stereocenters. The van der Waals surface area contributed by atoms with Crippen LogP contribution in [0.1, 0.15) is 32.8 Å². The van der Waals surface area contributed by atoms with E-state index in [1.165, 1.54) is 5.56 Å². The maximum atomic E-state index is 5.81. The van der Waals surface area contributed by atoms with Gasteiger partial charge in [-0.15, -0.1) is 0 Å². The van der Waals surface area contributed by atoms with Crippen LogP contribution >= 0.6 is 0 Å². The van der Waals surface area contributed by atoms with Crippen molar-refractivity contribution < 1.29 is 9.47 Å². The van der Waals surface area contributed by atoms with Crippen molar-refractivity contribution in [2.24, 2.45) is 0 Å². The van der Waals surface area contributed by atoms with Crippen molar-refractivity contribution in [3.63, 3.8) is 0 Å². The Balaban J connectivity index is 1.68. The van der Waals surface area contributed by atoms with Crippen molar-refractivity contribution in [2.75, 3.05) is 39.5 Å². The fourth-order valence-electron chi connectivity index (χ4n) is 2.35. The number of hydrogen-bond donors (Lipinski definition) is 0. The Morgan fingerprint density at radius 2 is 1.75 bits per heavy atom. The third-order valence-corrected chi connectivity index (χ3v) is 3.71. The lowest BCUT2D eigenvalue weighted by molar-refractivity contribution is 0.0358. The van der Waals surface area contributed by atoms with Crippen molar-refractivity contribution in [1.82, 2.24) is 4.90 Å². The van der Waals surface area contributed by atoms with E-state index < -0.39 is 0 Å². The Bertz CT molecular complexity index is 388. The van der Waals surface area contributed by atoms with E-state index in [1.807, 2.05) is 0 Å². The van der Waals surface area contributed by atoms with Crippen LogP contribution in [0.25, 0.3) is 0 Å². The monoisotopic (exact) mass is 277 g/mol. The minimum absolute atomic E-state index is 0.203. The van der Waals surface area contributed by atoms with Crippen LogP contribution in [-0.2, 0) is 10.2 Å². The SMILES string of the molecule is CC(C)(C)c1ccc(OCCCN2CCOCC2)cc1. The third kappa shape index (κ3) is 4.80. The summed E-state index contributed by atoms with van der Waals surface area (Å²) >= 11 is 0. The Labute approximate surface area is 122 Å². The molecule has 3 nitrogen and oxygen atoms in total. The van der Waals surface area contributed by atoms with Crippen LogP contribution in [-0.4, -0.2) is 44.4 Å². The molecule has 0 amide bonds. The number of nitrogens with zero attached hydrogens (tertiary/aromatic N) is 1. The van der Waals surface area contributed by atoms with Crippen LogP contribution in [0.3, 0.4) is 0 Å². The molecule has 0 bridgehead atoms. The minimum atomic E-state index is 0.203. The van der Waals surface area contributed by atoms with E-state index in [1.54, 1.807) is 0 Å². The van der Waals surface area contributed by atoms with E-state index >= 15 is 0 Å². The highest BCUT2D eigenvalue weighted by Gasteiger charge is 2.13. The highest BCUT2D eigenvalue weighted by atomic mass is 16.5. The molecule has 0 saturated carbocycles. The average Bonchev–Trinajstić information content (AvgIpc) is 2.44. The lowest BCUT2D eigenvalue weighted by Gasteiger charge is -2.26. The standard InChI is InChI=1S/C17H27NO2/c1-17(2,3)15-5-7-16(8-6-15)20-12-4-9-18-10-13-19-14-11-18/h5-8H,4,9-14H2,1-3H3. The summed E-state index contributed by atoms with van der Waals surface area (Å²) in [5.41, 5.74) is 1.55. The number of ether oxygens (including phenoxy) is 2. The lowest BCUT2D eigenvalue weighted by Crippen LogP contribution is -2.37. The highest BCUT2D eigenvalue weighted by Crippen LogP contribution is 2.24. The Kier molecular flexibility index (Phi) is 5.44. The van der Waals surface area contributed by atoms with Crippen LogP contribution in [0.15, 0.2) is 24.3 Å². The molecule has 1 saturated heterocycles. The maximum Gasteiger partial charge on any atom is 0.119 e. The predicted octanol–water partition coefficient (Wildman–Crippen LogP) is 3.09. The summed E-state index contributed by atoms with van der Waals surface area (Å²) in [6.07, 6.45) is 1.07. The van der Waals surface area contributed by atoms with Gasteiger partial charge in [-0.25, -0.2) is 0 Å². The summed E-state index contributed by atoms with van der Waals surface area (Å²) in [6, 6.07) is 8.49. The fourth-order valence-corrected chi connectivity index (χ4v) is 2.35. The molecule has 0 aromatic heterocycles. The molecule has 1 aliphatic rings. The van der Waals surface area contributed by atoms with Gasteiger partial charge in [-0.1, -0.05) is 32.9 Å². The summed E-state index contributed by atoms with van der Waals surface area (Å²) < 4.78 is 11.1.